The molecule has 0 radical (unpaired) electrons. The number of esters is 1. The van der Waals surface area contributed by atoms with Crippen molar-refractivity contribution in [1.82, 2.24) is 4.90 Å². The summed E-state index contributed by atoms with van der Waals surface area (Å²) in [6, 6.07) is 6.47. The average molecular weight is 480 g/mol. The van der Waals surface area contributed by atoms with Gasteiger partial charge in [-0.2, -0.15) is 8.78 Å². The molecular weight excluding hydrogens is 456 g/mol. The van der Waals surface area contributed by atoms with Crippen LogP contribution in [0.3, 0.4) is 0 Å². The van der Waals surface area contributed by atoms with Crippen LogP contribution in [0, 0.1) is 0 Å². The van der Waals surface area contributed by atoms with E-state index in [4.69, 9.17) is 9.47 Å². The van der Waals surface area contributed by atoms with Gasteiger partial charge in [0.2, 0.25) is 0 Å². The van der Waals surface area contributed by atoms with E-state index in [2.05, 4.69) is 20.7 Å². The molecule has 29 heavy (non-hydrogen) atoms. The van der Waals surface area contributed by atoms with Crippen LogP contribution in [0.4, 0.5) is 13.6 Å². The molecule has 7 nitrogen and oxygen atoms in total. The first-order valence-corrected chi connectivity index (χ1v) is 9.52. The number of benzene rings is 1. The Labute approximate surface area is 176 Å². The molecule has 1 amide bonds. The molecule has 0 spiro atoms. The van der Waals surface area contributed by atoms with E-state index in [1.807, 2.05) is 0 Å². The molecule has 0 saturated heterocycles. The van der Waals surface area contributed by atoms with Crippen molar-refractivity contribution in [3.63, 3.8) is 0 Å². The Morgan fingerprint density at radius 2 is 1.72 bits per heavy atom. The summed E-state index contributed by atoms with van der Waals surface area (Å²) in [5.74, 6) is -1.31. The molecule has 0 N–H and O–H groups in total. The second kappa shape index (κ2) is 11.2. The Morgan fingerprint density at radius 1 is 1.14 bits per heavy atom. The normalized spacial score (nSPS) is 12.4. The first-order chi connectivity index (χ1) is 13.4. The van der Waals surface area contributed by atoms with E-state index < -0.39 is 49.3 Å². The number of ketones is 1. The topological polar surface area (TPSA) is 82.1 Å². The van der Waals surface area contributed by atoms with E-state index in [9.17, 15) is 23.2 Å². The van der Waals surface area contributed by atoms with Crippen LogP contribution in [-0.4, -0.2) is 60.8 Å². The van der Waals surface area contributed by atoms with Crippen LogP contribution >= 0.6 is 15.9 Å². The first-order valence-electron chi connectivity index (χ1n) is 8.73. The summed E-state index contributed by atoms with van der Waals surface area (Å²) >= 11 is 3.25. The van der Waals surface area contributed by atoms with Crippen LogP contribution in [0.15, 0.2) is 28.7 Å². The Bertz CT molecular complexity index is 706. The molecule has 0 bridgehead atoms. The number of carbonyl (C=O) groups excluding carboxylic acids is 3. The van der Waals surface area contributed by atoms with Gasteiger partial charge in [-0.15, -0.1) is 0 Å². The summed E-state index contributed by atoms with van der Waals surface area (Å²) in [5, 5.41) is 0. The third-order valence-electron chi connectivity index (χ3n) is 3.31. The monoisotopic (exact) mass is 479 g/mol. The number of amides is 1. The van der Waals surface area contributed by atoms with Crippen molar-refractivity contribution >= 4 is 33.8 Å². The average Bonchev–Trinajstić information content (AvgIpc) is 2.57. The minimum absolute atomic E-state index is 0.324. The number of rotatable bonds is 9. The quantitative estimate of drug-likeness (QED) is 0.392. The molecule has 1 rings (SSSR count). The van der Waals surface area contributed by atoms with Gasteiger partial charge < -0.3 is 14.2 Å². The third kappa shape index (κ3) is 10.3. The number of halogens is 3. The van der Waals surface area contributed by atoms with Crippen LogP contribution in [-0.2, 0) is 19.0 Å². The number of ether oxygens (including phenoxy) is 3. The zero-order valence-electron chi connectivity index (χ0n) is 16.6. The number of alkyl halides is 2. The molecule has 10 heteroatoms. The van der Waals surface area contributed by atoms with E-state index >= 15 is 0 Å². The molecule has 0 fully saturated rings. The highest BCUT2D eigenvalue weighted by molar-refractivity contribution is 9.10. The second-order valence-electron chi connectivity index (χ2n) is 7.16. The lowest BCUT2D eigenvalue weighted by Gasteiger charge is -2.28. The molecule has 0 aliphatic carbocycles. The standard InChI is InChI=1S/C19H24BrF2NO6/c1-12(28-17(21)22)9-23(18(26)29-19(2,3)4)10-16(25)27-11-15(24)13-5-7-14(20)8-6-13/h5-8,12,17H,9-11H2,1-4H3/t12-/m0/s1. The van der Waals surface area contributed by atoms with E-state index in [1.54, 1.807) is 45.0 Å². The third-order valence-corrected chi connectivity index (χ3v) is 3.84. The molecule has 0 saturated carbocycles. The summed E-state index contributed by atoms with van der Waals surface area (Å²) < 4.78 is 40.0. The van der Waals surface area contributed by atoms with Gasteiger partial charge in [-0.1, -0.05) is 28.1 Å². The fourth-order valence-corrected chi connectivity index (χ4v) is 2.39. The molecule has 0 aromatic heterocycles. The highest BCUT2D eigenvalue weighted by Crippen LogP contribution is 2.13. The van der Waals surface area contributed by atoms with E-state index in [0.29, 0.717) is 5.56 Å². The summed E-state index contributed by atoms with van der Waals surface area (Å²) in [5.41, 5.74) is -0.507. The predicted molar refractivity (Wildman–Crippen MR) is 104 cm³/mol. The first kappa shape index (κ1) is 25.0. The second-order valence-corrected chi connectivity index (χ2v) is 8.07. The van der Waals surface area contributed by atoms with Crippen LogP contribution in [0.5, 0.6) is 0 Å². The van der Waals surface area contributed by atoms with Gasteiger partial charge in [0.05, 0.1) is 12.6 Å². The number of nitrogens with zero attached hydrogens (tertiary/aromatic N) is 1. The number of hydrogen-bond donors (Lipinski definition) is 0. The van der Waals surface area contributed by atoms with Crippen LogP contribution < -0.4 is 0 Å². The molecule has 0 heterocycles. The zero-order valence-corrected chi connectivity index (χ0v) is 18.2. The maximum absolute atomic E-state index is 12.4. The van der Waals surface area contributed by atoms with Crippen molar-refractivity contribution in [2.45, 2.75) is 46.0 Å². The Morgan fingerprint density at radius 3 is 2.24 bits per heavy atom. The summed E-state index contributed by atoms with van der Waals surface area (Å²) in [6.45, 7) is 1.74. The lowest BCUT2D eigenvalue weighted by atomic mass is 10.1. The van der Waals surface area contributed by atoms with Gasteiger partial charge in [0.15, 0.2) is 12.4 Å². The Balaban J connectivity index is 2.69. The van der Waals surface area contributed by atoms with Gasteiger partial charge >= 0.3 is 18.7 Å². The van der Waals surface area contributed by atoms with Crippen molar-refractivity contribution in [3.8, 4) is 0 Å². The lowest BCUT2D eigenvalue weighted by molar-refractivity contribution is -0.163. The maximum atomic E-state index is 12.4. The predicted octanol–water partition coefficient (Wildman–Crippen LogP) is 4.04. The maximum Gasteiger partial charge on any atom is 0.410 e. The molecule has 0 aliphatic heterocycles. The summed E-state index contributed by atoms with van der Waals surface area (Å²) in [7, 11) is 0. The van der Waals surface area contributed by atoms with E-state index in [0.717, 1.165) is 9.37 Å². The Kier molecular flexibility index (Phi) is 9.64. The van der Waals surface area contributed by atoms with Gasteiger partial charge in [-0.05, 0) is 39.8 Å². The highest BCUT2D eigenvalue weighted by Gasteiger charge is 2.27. The van der Waals surface area contributed by atoms with E-state index in [1.165, 1.54) is 6.92 Å². The van der Waals surface area contributed by atoms with Gasteiger partial charge in [0, 0.05) is 10.0 Å². The van der Waals surface area contributed by atoms with Gasteiger partial charge in [-0.25, -0.2) is 4.79 Å². The van der Waals surface area contributed by atoms with Crippen LogP contribution in [0.25, 0.3) is 0 Å². The molecule has 0 unspecified atom stereocenters. The SMILES string of the molecule is C[C@@H](CN(CC(=O)OCC(=O)c1ccc(Br)cc1)C(=O)OC(C)(C)C)OC(F)F. The van der Waals surface area contributed by atoms with Gasteiger partial charge in [-0.3, -0.25) is 14.5 Å². The molecule has 1 aromatic carbocycles. The van der Waals surface area contributed by atoms with Crippen molar-refractivity contribution in [3.05, 3.63) is 34.3 Å². The number of hydrogen-bond acceptors (Lipinski definition) is 6. The van der Waals surface area contributed by atoms with Crippen LogP contribution in [0.1, 0.15) is 38.1 Å². The zero-order chi connectivity index (χ0) is 22.2. The minimum atomic E-state index is -3.03. The minimum Gasteiger partial charge on any atom is -0.456 e. The molecule has 1 aromatic rings. The van der Waals surface area contributed by atoms with Gasteiger partial charge in [0.25, 0.3) is 0 Å². The smallest absolute Gasteiger partial charge is 0.410 e. The number of Topliss-reactive ketones (excluding diaryl/α,β-unsaturated/α-hetero) is 1. The number of carbonyl (C=O) groups is 3. The highest BCUT2D eigenvalue weighted by atomic mass is 79.9. The fraction of sp³-hybridized carbons (Fsp3) is 0.526. The molecular formula is C19H24BrF2NO6. The van der Waals surface area contributed by atoms with Crippen molar-refractivity contribution in [1.29, 1.82) is 0 Å². The largest absolute Gasteiger partial charge is 0.456 e. The van der Waals surface area contributed by atoms with Crippen LogP contribution in [0.2, 0.25) is 0 Å². The summed E-state index contributed by atoms with van der Waals surface area (Å²) in [4.78, 5) is 37.3. The van der Waals surface area contributed by atoms with E-state index in [-0.39, 0.29) is 6.54 Å². The van der Waals surface area contributed by atoms with Crippen molar-refractivity contribution < 1.29 is 37.4 Å². The lowest BCUT2D eigenvalue weighted by Crippen LogP contribution is -2.44. The molecule has 162 valence electrons. The summed E-state index contributed by atoms with van der Waals surface area (Å²) in [6.07, 6.45) is -1.95. The van der Waals surface area contributed by atoms with Crippen molar-refractivity contribution in [2.24, 2.45) is 0 Å². The van der Waals surface area contributed by atoms with Crippen molar-refractivity contribution in [2.75, 3.05) is 19.7 Å². The molecule has 1 atom stereocenters. The van der Waals surface area contributed by atoms with Gasteiger partial charge in [0.1, 0.15) is 12.1 Å². The molecule has 0 aliphatic rings. The fourth-order valence-electron chi connectivity index (χ4n) is 2.13. The Hall–Kier alpha value is -2.07.